The molecule has 0 bridgehead atoms. The second-order valence-electron chi connectivity index (χ2n) is 1.63. The van der Waals surface area contributed by atoms with E-state index in [0.717, 1.165) is 6.42 Å². The van der Waals surface area contributed by atoms with Crippen LogP contribution in [0.5, 0.6) is 0 Å². The highest BCUT2D eigenvalue weighted by Gasteiger charge is 2.01. The number of Topliss-reactive ketones (excluding diaryl/α,β-unsaturated/α-hetero) is 1. The molecule has 0 saturated heterocycles. The Morgan fingerprint density at radius 2 is 2.29 bits per heavy atom. The second kappa shape index (κ2) is 2.75. The smallest absolute Gasteiger partial charge is 0.146 e. The van der Waals surface area contributed by atoms with Crippen LogP contribution in [0.4, 0.5) is 0 Å². The first-order valence-electron chi connectivity index (χ1n) is 2.44. The first-order chi connectivity index (χ1) is 3.18. The first kappa shape index (κ1) is 6.63. The van der Waals surface area contributed by atoms with E-state index in [-0.39, 0.29) is 11.8 Å². The molecule has 2 N–H and O–H groups in total. The van der Waals surface area contributed by atoms with Crippen LogP contribution in [-0.4, -0.2) is 11.8 Å². The van der Waals surface area contributed by atoms with Gasteiger partial charge in [0.25, 0.3) is 0 Å². The molecular formula is C5H11NO. The predicted octanol–water partition coefficient (Wildman–Crippen LogP) is 0.313. The minimum absolute atomic E-state index is 0.0718. The van der Waals surface area contributed by atoms with Gasteiger partial charge in [0.1, 0.15) is 5.78 Å². The van der Waals surface area contributed by atoms with Crippen LogP contribution in [0.1, 0.15) is 20.3 Å². The molecule has 0 rings (SSSR count). The Hall–Kier alpha value is -0.370. The SMILES string of the molecule is CCC(N)C(C)=O. The summed E-state index contributed by atoms with van der Waals surface area (Å²) in [5.41, 5.74) is 5.27. The second-order valence-corrected chi connectivity index (χ2v) is 1.63. The normalized spacial score (nSPS) is 13.6. The van der Waals surface area contributed by atoms with Gasteiger partial charge in [-0.15, -0.1) is 0 Å². The van der Waals surface area contributed by atoms with Crippen LogP contribution in [0.15, 0.2) is 0 Å². The maximum Gasteiger partial charge on any atom is 0.146 e. The maximum absolute atomic E-state index is 10.2. The van der Waals surface area contributed by atoms with Gasteiger partial charge in [-0.05, 0) is 13.3 Å². The number of nitrogens with two attached hydrogens (primary N) is 1. The van der Waals surface area contributed by atoms with Gasteiger partial charge in [-0.25, -0.2) is 0 Å². The summed E-state index contributed by atoms with van der Waals surface area (Å²) in [6, 6.07) is -0.236. The van der Waals surface area contributed by atoms with Crippen molar-refractivity contribution in [3.8, 4) is 0 Å². The Labute approximate surface area is 43.7 Å². The van der Waals surface area contributed by atoms with Gasteiger partial charge in [-0.3, -0.25) is 4.79 Å². The molecule has 0 heterocycles. The Kier molecular flexibility index (Phi) is 2.60. The van der Waals surface area contributed by atoms with E-state index in [0.29, 0.717) is 0 Å². The van der Waals surface area contributed by atoms with Gasteiger partial charge in [0.2, 0.25) is 0 Å². The van der Waals surface area contributed by atoms with Crippen LogP contribution in [0.2, 0.25) is 0 Å². The van der Waals surface area contributed by atoms with E-state index in [4.69, 9.17) is 5.73 Å². The number of carbonyl (C=O) groups excluding carboxylic acids is 1. The number of carbonyl (C=O) groups is 1. The fourth-order valence-corrected chi connectivity index (χ4v) is 0.287. The summed E-state index contributed by atoms with van der Waals surface area (Å²) in [6.07, 6.45) is 0.745. The fourth-order valence-electron chi connectivity index (χ4n) is 0.287. The molecule has 7 heavy (non-hydrogen) atoms. The third-order valence-electron chi connectivity index (χ3n) is 0.962. The van der Waals surface area contributed by atoms with Crippen molar-refractivity contribution < 1.29 is 4.79 Å². The van der Waals surface area contributed by atoms with Crippen molar-refractivity contribution >= 4 is 5.78 Å². The Morgan fingerprint density at radius 3 is 2.29 bits per heavy atom. The van der Waals surface area contributed by atoms with Gasteiger partial charge >= 0.3 is 0 Å². The van der Waals surface area contributed by atoms with Crippen molar-refractivity contribution in [2.24, 2.45) is 5.73 Å². The zero-order valence-corrected chi connectivity index (χ0v) is 4.77. The summed E-state index contributed by atoms with van der Waals surface area (Å²) >= 11 is 0. The molecule has 0 spiro atoms. The predicted molar refractivity (Wildman–Crippen MR) is 28.9 cm³/mol. The van der Waals surface area contributed by atoms with Crippen molar-refractivity contribution in [1.29, 1.82) is 0 Å². The molecule has 0 aromatic heterocycles. The summed E-state index contributed by atoms with van der Waals surface area (Å²) in [7, 11) is 0. The van der Waals surface area contributed by atoms with Gasteiger partial charge in [0, 0.05) is 0 Å². The summed E-state index contributed by atoms with van der Waals surface area (Å²) in [5.74, 6) is 0.0718. The van der Waals surface area contributed by atoms with Crippen molar-refractivity contribution in [3.05, 3.63) is 0 Å². The molecule has 0 aromatic rings. The minimum atomic E-state index is -0.236. The van der Waals surface area contributed by atoms with Gasteiger partial charge in [-0.2, -0.15) is 0 Å². The van der Waals surface area contributed by atoms with Crippen LogP contribution in [0.25, 0.3) is 0 Å². The van der Waals surface area contributed by atoms with E-state index < -0.39 is 0 Å². The highest BCUT2D eigenvalue weighted by atomic mass is 16.1. The molecule has 1 unspecified atom stereocenters. The summed E-state index contributed by atoms with van der Waals surface area (Å²) in [4.78, 5) is 10.2. The highest BCUT2D eigenvalue weighted by molar-refractivity contribution is 5.80. The molecule has 1 atom stereocenters. The molecule has 0 aromatic carbocycles. The van der Waals surface area contributed by atoms with Crippen molar-refractivity contribution in [2.75, 3.05) is 0 Å². The standard InChI is InChI=1S/C5H11NO/c1-3-5(6)4(2)7/h5H,3,6H2,1-2H3. The van der Waals surface area contributed by atoms with Crippen LogP contribution < -0.4 is 5.73 Å². The zero-order valence-electron chi connectivity index (χ0n) is 4.77. The Bertz CT molecular complexity index is 70.5. The molecule has 0 aliphatic heterocycles. The summed E-state index contributed by atoms with van der Waals surface area (Å²) in [5, 5.41) is 0. The summed E-state index contributed by atoms with van der Waals surface area (Å²) in [6.45, 7) is 3.40. The number of hydrogen-bond donors (Lipinski definition) is 1. The van der Waals surface area contributed by atoms with Crippen LogP contribution in [-0.2, 0) is 4.79 Å². The van der Waals surface area contributed by atoms with Gasteiger partial charge in [0.15, 0.2) is 0 Å². The molecule has 2 heteroatoms. The quantitative estimate of drug-likeness (QED) is 0.544. The molecular weight excluding hydrogens is 90.1 g/mol. The average molecular weight is 101 g/mol. The van der Waals surface area contributed by atoms with E-state index in [1.165, 1.54) is 6.92 Å². The van der Waals surface area contributed by atoms with Crippen LogP contribution in [0.3, 0.4) is 0 Å². The zero-order chi connectivity index (χ0) is 5.86. The lowest BCUT2D eigenvalue weighted by atomic mass is 10.2. The van der Waals surface area contributed by atoms with E-state index >= 15 is 0 Å². The minimum Gasteiger partial charge on any atom is -0.322 e. The number of rotatable bonds is 2. The lowest BCUT2D eigenvalue weighted by Gasteiger charge is -1.99. The topological polar surface area (TPSA) is 43.1 Å². The number of hydrogen-bond acceptors (Lipinski definition) is 2. The molecule has 0 aliphatic rings. The van der Waals surface area contributed by atoms with Crippen molar-refractivity contribution in [2.45, 2.75) is 26.3 Å². The lowest BCUT2D eigenvalue weighted by Crippen LogP contribution is -2.26. The first-order valence-corrected chi connectivity index (χ1v) is 2.44. The third-order valence-corrected chi connectivity index (χ3v) is 0.962. The van der Waals surface area contributed by atoms with Gasteiger partial charge < -0.3 is 5.73 Å². The molecule has 2 nitrogen and oxygen atoms in total. The van der Waals surface area contributed by atoms with Crippen LogP contribution >= 0.6 is 0 Å². The Morgan fingerprint density at radius 1 is 1.86 bits per heavy atom. The van der Waals surface area contributed by atoms with E-state index in [2.05, 4.69) is 0 Å². The fraction of sp³-hybridized carbons (Fsp3) is 0.800. The molecule has 0 amide bonds. The monoisotopic (exact) mass is 101 g/mol. The lowest BCUT2D eigenvalue weighted by molar-refractivity contribution is -0.118. The van der Waals surface area contributed by atoms with Gasteiger partial charge in [-0.1, -0.05) is 6.92 Å². The maximum atomic E-state index is 10.2. The van der Waals surface area contributed by atoms with Crippen LogP contribution in [0, 0.1) is 0 Å². The third kappa shape index (κ3) is 2.34. The highest BCUT2D eigenvalue weighted by Crippen LogP contribution is 1.84. The molecule has 42 valence electrons. The van der Waals surface area contributed by atoms with E-state index in [9.17, 15) is 4.79 Å². The molecule has 0 saturated carbocycles. The summed E-state index contributed by atoms with van der Waals surface area (Å²) < 4.78 is 0. The van der Waals surface area contributed by atoms with Crippen molar-refractivity contribution in [1.82, 2.24) is 0 Å². The van der Waals surface area contributed by atoms with E-state index in [1.807, 2.05) is 6.92 Å². The molecule has 0 radical (unpaired) electrons. The largest absolute Gasteiger partial charge is 0.322 e. The van der Waals surface area contributed by atoms with Crippen molar-refractivity contribution in [3.63, 3.8) is 0 Å². The molecule has 0 fully saturated rings. The van der Waals surface area contributed by atoms with Gasteiger partial charge in [0.05, 0.1) is 6.04 Å². The number of ketones is 1. The average Bonchev–Trinajstić information content (AvgIpc) is 1.65. The Balaban J connectivity index is 3.34. The molecule has 0 aliphatic carbocycles. The van der Waals surface area contributed by atoms with E-state index in [1.54, 1.807) is 0 Å².